The Morgan fingerprint density at radius 3 is 2.67 bits per heavy atom. The van der Waals surface area contributed by atoms with E-state index in [4.69, 9.17) is 10.6 Å². The maximum absolute atomic E-state index is 5.49. The number of hydrogen-bond acceptors (Lipinski definition) is 6. The van der Waals surface area contributed by atoms with Crippen molar-refractivity contribution in [3.8, 4) is 0 Å². The quantitative estimate of drug-likeness (QED) is 0.561. The Kier molecular flexibility index (Phi) is 5.80. The number of nitrogens with two attached hydrogens (primary N) is 1. The van der Waals surface area contributed by atoms with Crippen molar-refractivity contribution in [2.75, 3.05) is 30.6 Å². The minimum Gasteiger partial charge on any atom is -0.383 e. The summed E-state index contributed by atoms with van der Waals surface area (Å²) in [5, 5.41) is 0. The highest BCUT2D eigenvalue weighted by Gasteiger charge is 2.19. The third-order valence-corrected chi connectivity index (χ3v) is 2.97. The number of methoxy groups -OCH3 is 1. The molecule has 0 saturated heterocycles. The fourth-order valence-electron chi connectivity index (χ4n) is 2.10. The molecule has 1 unspecified atom stereocenters. The van der Waals surface area contributed by atoms with Gasteiger partial charge in [0.2, 0.25) is 0 Å². The summed E-state index contributed by atoms with van der Waals surface area (Å²) in [7, 11) is 1.71. The molecule has 0 spiro atoms. The van der Waals surface area contributed by atoms with Crippen molar-refractivity contribution < 1.29 is 4.74 Å². The predicted molar refractivity (Wildman–Crippen MR) is 73.6 cm³/mol. The van der Waals surface area contributed by atoms with E-state index < -0.39 is 0 Å². The summed E-state index contributed by atoms with van der Waals surface area (Å²) < 4.78 is 5.21. The Morgan fingerprint density at radius 1 is 1.44 bits per heavy atom. The molecule has 0 aliphatic heterocycles. The van der Waals surface area contributed by atoms with Crippen LogP contribution in [0.25, 0.3) is 0 Å². The first-order valence-corrected chi connectivity index (χ1v) is 6.25. The molecule has 0 aliphatic carbocycles. The first-order valence-electron chi connectivity index (χ1n) is 6.25. The number of ether oxygens (including phenoxy) is 1. The molecule has 0 radical (unpaired) electrons. The Balaban J connectivity index is 3.12. The molecule has 1 aromatic rings. The van der Waals surface area contributed by atoms with Gasteiger partial charge in [0.25, 0.3) is 0 Å². The van der Waals surface area contributed by atoms with E-state index in [9.17, 15) is 0 Å². The number of aromatic nitrogens is 2. The second kappa shape index (κ2) is 7.13. The monoisotopic (exact) mass is 253 g/mol. The molecule has 102 valence electrons. The fraction of sp³-hybridized carbons (Fsp3) is 0.667. The van der Waals surface area contributed by atoms with Gasteiger partial charge in [-0.25, -0.2) is 15.8 Å². The van der Waals surface area contributed by atoms with Crippen molar-refractivity contribution in [2.24, 2.45) is 5.84 Å². The molecule has 0 fully saturated rings. The van der Waals surface area contributed by atoms with Gasteiger partial charge in [0.1, 0.15) is 18.0 Å². The molecule has 1 rings (SSSR count). The standard InChI is InChI=1S/C12H23N5O/c1-5-10-11(16-13)14-8-15-12(10)17(6-2)9(3)7-18-4/h8-9H,5-7,13H2,1-4H3,(H,14,15,16). The van der Waals surface area contributed by atoms with Crippen LogP contribution in [0.3, 0.4) is 0 Å². The van der Waals surface area contributed by atoms with Crippen molar-refractivity contribution in [1.29, 1.82) is 0 Å². The number of nitrogens with zero attached hydrogens (tertiary/aromatic N) is 3. The average molecular weight is 253 g/mol. The highest BCUT2D eigenvalue weighted by atomic mass is 16.5. The normalized spacial score (nSPS) is 12.3. The summed E-state index contributed by atoms with van der Waals surface area (Å²) in [6, 6.07) is 0.255. The van der Waals surface area contributed by atoms with E-state index in [-0.39, 0.29) is 6.04 Å². The number of rotatable bonds is 7. The van der Waals surface area contributed by atoms with Crippen LogP contribution in [-0.2, 0) is 11.2 Å². The van der Waals surface area contributed by atoms with Gasteiger partial charge in [-0.1, -0.05) is 6.92 Å². The second-order valence-corrected chi connectivity index (χ2v) is 4.11. The topological polar surface area (TPSA) is 76.3 Å². The molecule has 1 aromatic heterocycles. The van der Waals surface area contributed by atoms with Crippen LogP contribution in [0, 0.1) is 0 Å². The maximum Gasteiger partial charge on any atom is 0.148 e. The molecule has 1 heterocycles. The zero-order chi connectivity index (χ0) is 13.5. The summed E-state index contributed by atoms with van der Waals surface area (Å²) in [4.78, 5) is 10.7. The van der Waals surface area contributed by atoms with E-state index in [0.717, 1.165) is 24.3 Å². The Morgan fingerprint density at radius 2 is 2.17 bits per heavy atom. The molecule has 6 heteroatoms. The van der Waals surface area contributed by atoms with Crippen LogP contribution in [0.2, 0.25) is 0 Å². The molecule has 6 nitrogen and oxygen atoms in total. The fourth-order valence-corrected chi connectivity index (χ4v) is 2.10. The predicted octanol–water partition coefficient (Wildman–Crippen LogP) is 1.19. The molecule has 0 amide bonds. The summed E-state index contributed by atoms with van der Waals surface area (Å²) in [5.41, 5.74) is 3.66. The van der Waals surface area contributed by atoms with E-state index in [2.05, 4.69) is 41.1 Å². The summed E-state index contributed by atoms with van der Waals surface area (Å²) in [6.07, 6.45) is 2.36. The van der Waals surface area contributed by atoms with Crippen LogP contribution in [-0.4, -0.2) is 36.3 Å². The van der Waals surface area contributed by atoms with Gasteiger partial charge >= 0.3 is 0 Å². The summed E-state index contributed by atoms with van der Waals surface area (Å²) in [5.74, 6) is 7.10. The van der Waals surface area contributed by atoms with Crippen LogP contribution >= 0.6 is 0 Å². The summed E-state index contributed by atoms with van der Waals surface area (Å²) >= 11 is 0. The van der Waals surface area contributed by atoms with Gasteiger partial charge < -0.3 is 15.1 Å². The third-order valence-electron chi connectivity index (χ3n) is 2.97. The molecule has 0 saturated carbocycles. The van der Waals surface area contributed by atoms with E-state index in [1.165, 1.54) is 6.33 Å². The van der Waals surface area contributed by atoms with Gasteiger partial charge in [0.15, 0.2) is 0 Å². The second-order valence-electron chi connectivity index (χ2n) is 4.11. The number of hydrazine groups is 1. The van der Waals surface area contributed by atoms with E-state index in [1.54, 1.807) is 7.11 Å². The van der Waals surface area contributed by atoms with Crippen LogP contribution in [0.15, 0.2) is 6.33 Å². The number of nitrogens with one attached hydrogen (secondary N) is 1. The number of anilines is 2. The molecule has 0 aromatic carbocycles. The molecular formula is C12H23N5O. The van der Waals surface area contributed by atoms with E-state index in [1.807, 2.05) is 0 Å². The van der Waals surface area contributed by atoms with Crippen molar-refractivity contribution in [1.82, 2.24) is 9.97 Å². The number of likely N-dealkylation sites (N-methyl/N-ethyl adjacent to an activating group) is 1. The van der Waals surface area contributed by atoms with E-state index in [0.29, 0.717) is 12.4 Å². The molecule has 0 aliphatic rings. The number of nitrogen functional groups attached to an aromatic ring is 1. The van der Waals surface area contributed by atoms with Gasteiger partial charge in [0.05, 0.1) is 12.6 Å². The largest absolute Gasteiger partial charge is 0.383 e. The van der Waals surface area contributed by atoms with Crippen LogP contribution in [0.4, 0.5) is 11.6 Å². The molecule has 1 atom stereocenters. The van der Waals surface area contributed by atoms with Gasteiger partial charge in [-0.3, -0.25) is 0 Å². The van der Waals surface area contributed by atoms with Crippen molar-refractivity contribution in [3.63, 3.8) is 0 Å². The first kappa shape index (κ1) is 14.7. The Hall–Kier alpha value is -1.40. The van der Waals surface area contributed by atoms with Crippen LogP contribution in [0.1, 0.15) is 26.3 Å². The highest BCUT2D eigenvalue weighted by molar-refractivity contribution is 5.58. The molecular weight excluding hydrogens is 230 g/mol. The molecule has 3 N–H and O–H groups in total. The first-order chi connectivity index (χ1) is 8.69. The number of hydrogen-bond donors (Lipinski definition) is 2. The van der Waals surface area contributed by atoms with Gasteiger partial charge in [-0.05, 0) is 20.3 Å². The van der Waals surface area contributed by atoms with Crippen molar-refractivity contribution in [2.45, 2.75) is 33.2 Å². The van der Waals surface area contributed by atoms with Gasteiger partial charge in [-0.15, -0.1) is 0 Å². The highest BCUT2D eigenvalue weighted by Crippen LogP contribution is 2.24. The third kappa shape index (κ3) is 3.08. The lowest BCUT2D eigenvalue weighted by Gasteiger charge is -2.30. The van der Waals surface area contributed by atoms with E-state index >= 15 is 0 Å². The SMILES string of the molecule is CCc1c(NN)ncnc1N(CC)C(C)COC. The smallest absolute Gasteiger partial charge is 0.148 e. The Bertz CT molecular complexity index is 371. The lowest BCUT2D eigenvalue weighted by Crippen LogP contribution is -2.37. The van der Waals surface area contributed by atoms with Crippen molar-refractivity contribution >= 4 is 11.6 Å². The minimum absolute atomic E-state index is 0.255. The Labute approximate surface area is 109 Å². The molecule has 0 bridgehead atoms. The van der Waals surface area contributed by atoms with Gasteiger partial charge in [0, 0.05) is 19.2 Å². The molecule has 18 heavy (non-hydrogen) atoms. The van der Waals surface area contributed by atoms with Gasteiger partial charge in [-0.2, -0.15) is 0 Å². The average Bonchev–Trinajstić information content (AvgIpc) is 2.39. The lowest BCUT2D eigenvalue weighted by molar-refractivity contribution is 0.181. The lowest BCUT2D eigenvalue weighted by atomic mass is 10.2. The van der Waals surface area contributed by atoms with Crippen LogP contribution in [0.5, 0.6) is 0 Å². The maximum atomic E-state index is 5.49. The zero-order valence-electron chi connectivity index (χ0n) is 11.6. The van der Waals surface area contributed by atoms with Crippen molar-refractivity contribution in [3.05, 3.63) is 11.9 Å². The zero-order valence-corrected chi connectivity index (χ0v) is 11.6. The summed E-state index contributed by atoms with van der Waals surface area (Å²) in [6.45, 7) is 7.80. The van der Waals surface area contributed by atoms with Crippen LogP contribution < -0.4 is 16.2 Å². The minimum atomic E-state index is 0.255.